The van der Waals surface area contributed by atoms with Crippen molar-refractivity contribution in [2.45, 2.75) is 52.9 Å². The highest BCUT2D eigenvalue weighted by atomic mass is 16.3. The van der Waals surface area contributed by atoms with Crippen LogP contribution in [-0.4, -0.2) is 11.7 Å². The van der Waals surface area contributed by atoms with E-state index in [9.17, 15) is 5.11 Å². The maximum Gasteiger partial charge on any atom is 0.0641 e. The molecule has 0 amide bonds. The number of aliphatic hydroxyl groups is 1. The van der Waals surface area contributed by atoms with Crippen LogP contribution in [0.5, 0.6) is 0 Å². The molecular weight excluding hydrogens is 196 g/mol. The predicted molar refractivity (Wildman–Crippen MR) is 68.2 cm³/mol. The van der Waals surface area contributed by atoms with Crippen molar-refractivity contribution in [3.05, 3.63) is 22.8 Å². The van der Waals surface area contributed by atoms with Crippen LogP contribution in [-0.2, 0) is 0 Å². The molecule has 2 aliphatic carbocycles. The van der Waals surface area contributed by atoms with E-state index in [2.05, 4.69) is 26.8 Å². The lowest BCUT2D eigenvalue weighted by Crippen LogP contribution is -2.34. The fourth-order valence-electron chi connectivity index (χ4n) is 3.34. The van der Waals surface area contributed by atoms with E-state index in [1.54, 1.807) is 5.57 Å². The maximum atomic E-state index is 9.26. The molecule has 1 N–H and O–H groups in total. The number of hydrogen-bond acceptors (Lipinski definition) is 1. The first-order chi connectivity index (χ1) is 7.58. The van der Waals surface area contributed by atoms with Crippen LogP contribution in [0.1, 0.15) is 52.9 Å². The summed E-state index contributed by atoms with van der Waals surface area (Å²) < 4.78 is 0. The molecule has 0 spiro atoms. The first-order valence-corrected chi connectivity index (χ1v) is 6.56. The molecule has 0 aromatic heterocycles. The van der Waals surface area contributed by atoms with E-state index >= 15 is 0 Å². The summed E-state index contributed by atoms with van der Waals surface area (Å²) in [6.45, 7) is 7.14. The molecule has 1 fully saturated rings. The van der Waals surface area contributed by atoms with Gasteiger partial charge in [-0.3, -0.25) is 0 Å². The standard InChI is InChI=1S/C15H24O/c1-11(10-16)13-7-8-14-6-4-5-12(2)15(14,3)9-13/h6,12,16H,4-5,7-10H2,1-3H3/b13-11-/t12-,15+/m1/s1. The van der Waals surface area contributed by atoms with Gasteiger partial charge in [0.25, 0.3) is 0 Å². The van der Waals surface area contributed by atoms with Gasteiger partial charge in [-0.15, -0.1) is 0 Å². The minimum atomic E-state index is 0.235. The Morgan fingerprint density at radius 2 is 2.25 bits per heavy atom. The van der Waals surface area contributed by atoms with Crippen molar-refractivity contribution in [2.24, 2.45) is 11.3 Å². The van der Waals surface area contributed by atoms with Gasteiger partial charge in [-0.1, -0.05) is 31.1 Å². The van der Waals surface area contributed by atoms with Crippen LogP contribution in [0, 0.1) is 11.3 Å². The molecule has 0 bridgehead atoms. The first-order valence-electron chi connectivity index (χ1n) is 6.56. The van der Waals surface area contributed by atoms with E-state index < -0.39 is 0 Å². The van der Waals surface area contributed by atoms with Gasteiger partial charge in [0.2, 0.25) is 0 Å². The third-order valence-electron chi connectivity index (χ3n) is 4.93. The molecule has 2 rings (SSSR count). The lowest BCUT2D eigenvalue weighted by molar-refractivity contribution is 0.202. The minimum absolute atomic E-state index is 0.235. The molecular formula is C15H24O. The Bertz CT molecular complexity index is 337. The number of hydrogen-bond donors (Lipinski definition) is 1. The summed E-state index contributed by atoms with van der Waals surface area (Å²) >= 11 is 0. The summed E-state index contributed by atoms with van der Waals surface area (Å²) in [6, 6.07) is 0. The third-order valence-corrected chi connectivity index (χ3v) is 4.93. The average Bonchev–Trinajstić information content (AvgIpc) is 2.29. The quantitative estimate of drug-likeness (QED) is 0.666. The molecule has 0 aromatic carbocycles. The Kier molecular flexibility index (Phi) is 3.25. The Morgan fingerprint density at radius 1 is 1.50 bits per heavy atom. The SMILES string of the molecule is C/C(CO)=C1\CCC2=CCC[C@@H](C)[C@]2(C)C1. The zero-order chi connectivity index (χ0) is 11.8. The molecule has 2 aliphatic rings. The maximum absolute atomic E-state index is 9.26. The minimum Gasteiger partial charge on any atom is -0.392 e. The molecule has 1 heteroatoms. The molecule has 90 valence electrons. The monoisotopic (exact) mass is 220 g/mol. The zero-order valence-electron chi connectivity index (χ0n) is 10.8. The average molecular weight is 220 g/mol. The van der Waals surface area contributed by atoms with Crippen LogP contribution in [0.4, 0.5) is 0 Å². The second-order valence-corrected chi connectivity index (χ2v) is 5.84. The lowest BCUT2D eigenvalue weighted by atomic mass is 9.59. The van der Waals surface area contributed by atoms with Crippen molar-refractivity contribution >= 4 is 0 Å². The second kappa shape index (κ2) is 4.37. The number of aliphatic hydroxyl groups excluding tert-OH is 1. The van der Waals surface area contributed by atoms with Crippen molar-refractivity contribution < 1.29 is 5.11 Å². The van der Waals surface area contributed by atoms with Crippen LogP contribution < -0.4 is 0 Å². The van der Waals surface area contributed by atoms with E-state index in [1.807, 2.05) is 0 Å². The zero-order valence-corrected chi connectivity index (χ0v) is 10.8. The normalized spacial score (nSPS) is 37.8. The smallest absolute Gasteiger partial charge is 0.0641 e. The third kappa shape index (κ3) is 1.86. The van der Waals surface area contributed by atoms with E-state index in [4.69, 9.17) is 0 Å². The lowest BCUT2D eigenvalue weighted by Gasteiger charge is -2.45. The second-order valence-electron chi connectivity index (χ2n) is 5.84. The summed E-state index contributed by atoms with van der Waals surface area (Å²) in [6.07, 6.45) is 8.63. The van der Waals surface area contributed by atoms with E-state index in [0.29, 0.717) is 5.41 Å². The fraction of sp³-hybridized carbons (Fsp3) is 0.733. The van der Waals surface area contributed by atoms with E-state index in [1.165, 1.54) is 43.3 Å². The molecule has 16 heavy (non-hydrogen) atoms. The Morgan fingerprint density at radius 3 is 2.94 bits per heavy atom. The highest BCUT2D eigenvalue weighted by molar-refractivity contribution is 5.30. The highest BCUT2D eigenvalue weighted by Gasteiger charge is 2.39. The predicted octanol–water partition coefficient (Wildman–Crippen LogP) is 3.84. The molecule has 0 aromatic rings. The van der Waals surface area contributed by atoms with Gasteiger partial charge in [0.1, 0.15) is 0 Å². The van der Waals surface area contributed by atoms with E-state index in [0.717, 1.165) is 5.92 Å². The van der Waals surface area contributed by atoms with Crippen molar-refractivity contribution in [3.63, 3.8) is 0 Å². The van der Waals surface area contributed by atoms with E-state index in [-0.39, 0.29) is 6.61 Å². The van der Waals surface area contributed by atoms with Gasteiger partial charge in [0.05, 0.1) is 6.61 Å². The van der Waals surface area contributed by atoms with Crippen molar-refractivity contribution in [1.82, 2.24) is 0 Å². The van der Waals surface area contributed by atoms with Crippen molar-refractivity contribution in [2.75, 3.05) is 6.61 Å². The van der Waals surface area contributed by atoms with Crippen LogP contribution in [0.2, 0.25) is 0 Å². The topological polar surface area (TPSA) is 20.2 Å². The van der Waals surface area contributed by atoms with Gasteiger partial charge in [-0.25, -0.2) is 0 Å². The van der Waals surface area contributed by atoms with Crippen LogP contribution in [0.25, 0.3) is 0 Å². The fourth-order valence-corrected chi connectivity index (χ4v) is 3.34. The van der Waals surface area contributed by atoms with Gasteiger partial charge < -0.3 is 5.11 Å². The summed E-state index contributed by atoms with van der Waals surface area (Å²) in [5.74, 6) is 0.786. The summed E-state index contributed by atoms with van der Waals surface area (Å²) in [5, 5.41) is 9.26. The van der Waals surface area contributed by atoms with Crippen molar-refractivity contribution in [1.29, 1.82) is 0 Å². The van der Waals surface area contributed by atoms with Crippen LogP contribution in [0.3, 0.4) is 0 Å². The number of fused-ring (bicyclic) bond motifs is 1. The van der Waals surface area contributed by atoms with Gasteiger partial charge in [0, 0.05) is 0 Å². The summed E-state index contributed by atoms with van der Waals surface area (Å²) in [5.41, 5.74) is 4.78. The van der Waals surface area contributed by atoms with Gasteiger partial charge in [-0.2, -0.15) is 0 Å². The van der Waals surface area contributed by atoms with Gasteiger partial charge in [0.15, 0.2) is 0 Å². The number of allylic oxidation sites excluding steroid dienone is 3. The Hall–Kier alpha value is -0.560. The molecule has 2 atom stereocenters. The first kappa shape index (κ1) is 11.9. The van der Waals surface area contributed by atoms with Crippen molar-refractivity contribution in [3.8, 4) is 0 Å². The molecule has 0 unspecified atom stereocenters. The molecule has 1 saturated carbocycles. The van der Waals surface area contributed by atoms with Crippen LogP contribution >= 0.6 is 0 Å². The van der Waals surface area contributed by atoms with Crippen LogP contribution in [0.15, 0.2) is 22.8 Å². The molecule has 0 heterocycles. The van der Waals surface area contributed by atoms with Gasteiger partial charge >= 0.3 is 0 Å². The molecule has 0 saturated heterocycles. The molecule has 0 radical (unpaired) electrons. The largest absolute Gasteiger partial charge is 0.392 e. The number of rotatable bonds is 1. The summed E-state index contributed by atoms with van der Waals surface area (Å²) in [4.78, 5) is 0. The Labute approximate surface area is 99.3 Å². The Balaban J connectivity index is 2.29. The van der Waals surface area contributed by atoms with Gasteiger partial charge in [-0.05, 0) is 55.9 Å². The molecule has 0 aliphatic heterocycles. The molecule has 1 nitrogen and oxygen atoms in total. The summed E-state index contributed by atoms with van der Waals surface area (Å²) in [7, 11) is 0. The highest BCUT2D eigenvalue weighted by Crippen LogP contribution is 2.52.